The van der Waals surface area contributed by atoms with Gasteiger partial charge >= 0.3 is 0 Å². The third-order valence-corrected chi connectivity index (χ3v) is 10.7. The lowest BCUT2D eigenvalue weighted by molar-refractivity contribution is 0.668. The van der Waals surface area contributed by atoms with Crippen LogP contribution in [0.1, 0.15) is 24.0 Å². The summed E-state index contributed by atoms with van der Waals surface area (Å²) in [6, 6.07) is 54.3. The van der Waals surface area contributed by atoms with E-state index < -0.39 is 0 Å². The van der Waals surface area contributed by atoms with E-state index in [-0.39, 0.29) is 0 Å². The molecule has 0 aliphatic heterocycles. The normalized spacial score (nSPS) is 13.6. The van der Waals surface area contributed by atoms with Gasteiger partial charge in [-0.25, -0.2) is 0 Å². The molecule has 0 N–H and O–H groups in total. The van der Waals surface area contributed by atoms with E-state index in [1.54, 1.807) is 0 Å². The van der Waals surface area contributed by atoms with Crippen molar-refractivity contribution < 1.29 is 8.83 Å². The number of para-hydroxylation sites is 3. The Kier molecular flexibility index (Phi) is 6.08. The minimum Gasteiger partial charge on any atom is -0.456 e. The summed E-state index contributed by atoms with van der Waals surface area (Å²) in [4.78, 5) is 0. The average Bonchev–Trinajstić information content (AvgIpc) is 3.86. The van der Waals surface area contributed by atoms with Gasteiger partial charge in [-0.3, -0.25) is 0 Å². The molecule has 3 heteroatoms. The number of fused-ring (bicyclic) bond motifs is 9. The van der Waals surface area contributed by atoms with Gasteiger partial charge in [0.2, 0.25) is 0 Å². The summed E-state index contributed by atoms with van der Waals surface area (Å²) in [5.74, 6) is 0. The van der Waals surface area contributed by atoms with Gasteiger partial charge in [0, 0.05) is 38.0 Å². The van der Waals surface area contributed by atoms with Crippen LogP contribution in [-0.2, 0) is 0 Å². The molecule has 0 radical (unpaired) electrons. The molecule has 1 aliphatic carbocycles. The summed E-state index contributed by atoms with van der Waals surface area (Å²) in [7, 11) is 0. The average molecular weight is 654 g/mol. The molecule has 0 fully saturated rings. The number of nitrogens with zero attached hydrogens (tertiary/aromatic N) is 1. The Bertz CT molecular complexity index is 3040. The largest absolute Gasteiger partial charge is 0.456 e. The lowest BCUT2D eigenvalue weighted by atomic mass is 9.89. The highest BCUT2D eigenvalue weighted by Crippen LogP contribution is 2.39. The van der Waals surface area contributed by atoms with Gasteiger partial charge < -0.3 is 13.4 Å². The second kappa shape index (κ2) is 11.0. The first-order chi connectivity index (χ1) is 25.2. The third kappa shape index (κ3) is 4.45. The molecule has 0 saturated carbocycles. The topological polar surface area (TPSA) is 31.2 Å². The van der Waals surface area contributed by atoms with Crippen LogP contribution in [0.5, 0.6) is 0 Å². The first-order valence-electron chi connectivity index (χ1n) is 17.6. The fourth-order valence-electron chi connectivity index (χ4n) is 8.22. The summed E-state index contributed by atoms with van der Waals surface area (Å²) in [5, 5.41) is 7.09. The highest BCUT2D eigenvalue weighted by molar-refractivity contribution is 6.11. The van der Waals surface area contributed by atoms with Gasteiger partial charge in [0.05, 0.1) is 11.0 Å². The maximum atomic E-state index is 6.38. The van der Waals surface area contributed by atoms with Crippen molar-refractivity contribution in [1.82, 2.24) is 4.57 Å². The van der Waals surface area contributed by atoms with E-state index in [0.717, 1.165) is 62.4 Å². The van der Waals surface area contributed by atoms with Crippen LogP contribution in [0.25, 0.3) is 93.6 Å². The first-order valence-corrected chi connectivity index (χ1v) is 17.6. The van der Waals surface area contributed by atoms with Crippen LogP contribution in [-0.4, -0.2) is 4.57 Å². The highest BCUT2D eigenvalue weighted by atomic mass is 16.3. The van der Waals surface area contributed by atoms with Crippen molar-refractivity contribution in [3.05, 3.63) is 175 Å². The molecule has 1 aliphatic rings. The Morgan fingerprint density at radius 3 is 1.76 bits per heavy atom. The molecule has 0 spiro atoms. The van der Waals surface area contributed by atoms with Gasteiger partial charge in [-0.2, -0.15) is 0 Å². The molecule has 0 unspecified atom stereocenters. The number of benzene rings is 7. The van der Waals surface area contributed by atoms with Crippen LogP contribution in [0.15, 0.2) is 173 Å². The van der Waals surface area contributed by atoms with Crippen molar-refractivity contribution >= 4 is 76.8 Å². The predicted molar refractivity (Wildman–Crippen MR) is 212 cm³/mol. The summed E-state index contributed by atoms with van der Waals surface area (Å²) < 4.78 is 14.8. The van der Waals surface area contributed by atoms with E-state index in [1.807, 2.05) is 12.1 Å². The van der Waals surface area contributed by atoms with Crippen molar-refractivity contribution in [1.29, 1.82) is 0 Å². The Balaban J connectivity index is 0.975. The summed E-state index contributed by atoms with van der Waals surface area (Å²) in [6.07, 6.45) is 6.76. The summed E-state index contributed by atoms with van der Waals surface area (Å²) in [6.45, 7) is 0. The van der Waals surface area contributed by atoms with E-state index in [1.165, 1.54) is 55.2 Å². The zero-order chi connectivity index (χ0) is 33.5. The Morgan fingerprint density at radius 1 is 0.412 bits per heavy atom. The van der Waals surface area contributed by atoms with E-state index >= 15 is 0 Å². The second-order valence-corrected chi connectivity index (χ2v) is 13.6. The van der Waals surface area contributed by atoms with Crippen molar-refractivity contribution in [2.45, 2.75) is 12.8 Å². The highest BCUT2D eigenvalue weighted by Gasteiger charge is 2.16. The molecule has 3 heterocycles. The van der Waals surface area contributed by atoms with E-state index in [0.29, 0.717) is 0 Å². The van der Waals surface area contributed by atoms with Gasteiger partial charge in [-0.15, -0.1) is 0 Å². The maximum absolute atomic E-state index is 6.38. The Labute approximate surface area is 294 Å². The molecule has 0 bridgehead atoms. The Morgan fingerprint density at radius 2 is 0.980 bits per heavy atom. The van der Waals surface area contributed by atoms with E-state index in [2.05, 4.69) is 156 Å². The molecule has 240 valence electrons. The monoisotopic (exact) mass is 653 g/mol. The molecule has 0 amide bonds. The van der Waals surface area contributed by atoms with Crippen LogP contribution in [0.2, 0.25) is 0 Å². The summed E-state index contributed by atoms with van der Waals surface area (Å²) >= 11 is 0. The number of hydrogen-bond acceptors (Lipinski definition) is 2. The van der Waals surface area contributed by atoms with Crippen LogP contribution in [0, 0.1) is 0 Å². The molecule has 10 aromatic rings. The fourth-order valence-corrected chi connectivity index (χ4v) is 8.22. The number of aromatic nitrogens is 1. The SMILES string of the molecule is C1=C(c2ccc3oc4ccccc4c3c2)C=C(c2cccc(-c3ccc4oc5ccc(-n6c7ccccc7c7ccccc76)cc5c4c3)c2)CC1. The van der Waals surface area contributed by atoms with Crippen LogP contribution in [0.3, 0.4) is 0 Å². The third-order valence-electron chi connectivity index (χ3n) is 10.7. The van der Waals surface area contributed by atoms with Crippen molar-refractivity contribution in [3.8, 4) is 16.8 Å². The predicted octanol–water partition coefficient (Wildman–Crippen LogP) is 13.5. The van der Waals surface area contributed by atoms with Crippen molar-refractivity contribution in [2.75, 3.05) is 0 Å². The smallest absolute Gasteiger partial charge is 0.135 e. The van der Waals surface area contributed by atoms with Crippen molar-refractivity contribution in [2.24, 2.45) is 0 Å². The molecule has 11 rings (SSSR count). The number of hydrogen-bond donors (Lipinski definition) is 0. The molecule has 0 atom stereocenters. The van der Waals surface area contributed by atoms with Crippen LogP contribution < -0.4 is 0 Å². The Hall–Kier alpha value is -6.58. The molecule has 7 aromatic carbocycles. The van der Waals surface area contributed by atoms with Crippen LogP contribution >= 0.6 is 0 Å². The number of allylic oxidation sites excluding steroid dienone is 4. The zero-order valence-corrected chi connectivity index (χ0v) is 27.8. The van der Waals surface area contributed by atoms with E-state index in [4.69, 9.17) is 8.83 Å². The molecule has 51 heavy (non-hydrogen) atoms. The van der Waals surface area contributed by atoms with Gasteiger partial charge in [-0.1, -0.05) is 97.1 Å². The van der Waals surface area contributed by atoms with Crippen LogP contribution in [0.4, 0.5) is 0 Å². The molecular weight excluding hydrogens is 623 g/mol. The van der Waals surface area contributed by atoms with Crippen molar-refractivity contribution in [3.63, 3.8) is 0 Å². The first kappa shape index (κ1) is 28.3. The standard InChI is InChI=1S/C48H31NO2/c1-4-16-43-37(13-1)38-14-2-5-17-44(38)49(43)36-21-24-48-42(29-36)41-28-35(20-23-47(41)51-48)33-12-8-10-31(26-33)30-9-7-11-32(25-30)34-19-22-46-40(27-34)39-15-3-6-18-45(39)50-46/h1-6,8,10-29H,7,9H2. The molecule has 0 saturated heterocycles. The lowest BCUT2D eigenvalue weighted by Gasteiger charge is -2.16. The number of furan rings is 2. The molecular formula is C48H31NO2. The minimum atomic E-state index is 0.897. The quantitative estimate of drug-likeness (QED) is 0.189. The molecule has 3 aromatic heterocycles. The van der Waals surface area contributed by atoms with E-state index in [9.17, 15) is 0 Å². The lowest BCUT2D eigenvalue weighted by Crippen LogP contribution is -1.94. The van der Waals surface area contributed by atoms with Gasteiger partial charge in [-0.05, 0) is 113 Å². The summed E-state index contributed by atoms with van der Waals surface area (Å²) in [5.41, 5.74) is 14.7. The van der Waals surface area contributed by atoms with Gasteiger partial charge in [0.1, 0.15) is 22.3 Å². The minimum absolute atomic E-state index is 0.897. The number of rotatable bonds is 4. The van der Waals surface area contributed by atoms with Gasteiger partial charge in [0.25, 0.3) is 0 Å². The maximum Gasteiger partial charge on any atom is 0.135 e. The second-order valence-electron chi connectivity index (χ2n) is 13.6. The molecule has 3 nitrogen and oxygen atoms in total. The van der Waals surface area contributed by atoms with Gasteiger partial charge in [0.15, 0.2) is 0 Å². The zero-order valence-electron chi connectivity index (χ0n) is 27.8. The fraction of sp³-hybridized carbons (Fsp3) is 0.0417.